The molecule has 0 fully saturated rings. The van der Waals surface area contributed by atoms with Crippen LogP contribution in [0.3, 0.4) is 0 Å². The van der Waals surface area contributed by atoms with Crippen LogP contribution in [-0.4, -0.2) is 27.8 Å². The maximum atomic E-state index is 11.4. The fourth-order valence-corrected chi connectivity index (χ4v) is 2.87. The fourth-order valence-electron chi connectivity index (χ4n) is 2.70. The summed E-state index contributed by atoms with van der Waals surface area (Å²) in [5, 5.41) is 0.625. The number of anilines is 2. The van der Waals surface area contributed by atoms with Gasteiger partial charge in [-0.2, -0.15) is 0 Å². The molecule has 0 aliphatic carbocycles. The minimum Gasteiger partial charge on any atom is -0.398 e. The van der Waals surface area contributed by atoms with Crippen molar-refractivity contribution in [3.8, 4) is 0 Å². The highest BCUT2D eigenvalue weighted by molar-refractivity contribution is 6.30. The van der Waals surface area contributed by atoms with Gasteiger partial charge < -0.3 is 16.4 Å². The number of nitrogens with two attached hydrogens (primary N) is 2. The lowest BCUT2D eigenvalue weighted by Crippen LogP contribution is -2.31. The lowest BCUT2D eigenvalue weighted by atomic mass is 9.93. The average Bonchev–Trinajstić information content (AvgIpc) is 2.57. The molecule has 1 unspecified atom stereocenters. The Labute approximate surface area is 138 Å². The molecule has 0 spiro atoms. The molecule has 2 aromatic rings. The zero-order chi connectivity index (χ0) is 16.4. The number of nitrogen functional groups attached to an aromatic ring is 2. The molecule has 0 saturated heterocycles. The van der Waals surface area contributed by atoms with Crippen molar-refractivity contribution < 1.29 is 4.79 Å². The summed E-state index contributed by atoms with van der Waals surface area (Å²) in [5.41, 5.74) is 15.0. The number of nitrogens with zero attached hydrogens (tertiary/aromatic N) is 3. The number of halogens is 1. The van der Waals surface area contributed by atoms with Gasteiger partial charge in [0.05, 0.1) is 6.04 Å². The second kappa shape index (κ2) is 6.26. The minimum atomic E-state index is -0.254. The quantitative estimate of drug-likeness (QED) is 0.665. The monoisotopic (exact) mass is 329 g/mol. The van der Waals surface area contributed by atoms with E-state index >= 15 is 0 Å². The summed E-state index contributed by atoms with van der Waals surface area (Å²) in [6.07, 6.45) is 6.79. The summed E-state index contributed by atoms with van der Waals surface area (Å²) < 4.78 is 0. The van der Waals surface area contributed by atoms with Crippen molar-refractivity contribution in [1.82, 2.24) is 14.9 Å². The lowest BCUT2D eigenvalue weighted by molar-refractivity contribution is -0.119. The molecule has 1 amide bonds. The molecule has 0 saturated carbocycles. The van der Waals surface area contributed by atoms with Gasteiger partial charge in [-0.3, -0.25) is 4.79 Å². The van der Waals surface area contributed by atoms with Crippen LogP contribution in [-0.2, 0) is 4.79 Å². The van der Waals surface area contributed by atoms with E-state index in [0.29, 0.717) is 23.7 Å². The lowest BCUT2D eigenvalue weighted by Gasteiger charge is -2.32. The summed E-state index contributed by atoms with van der Waals surface area (Å²) in [5.74, 6) is 0.200. The second-order valence-electron chi connectivity index (χ2n) is 5.34. The molecule has 2 heterocycles. The molecule has 23 heavy (non-hydrogen) atoms. The predicted octanol–water partition coefficient (Wildman–Crippen LogP) is 2.28. The van der Waals surface area contributed by atoms with Gasteiger partial charge in [-0.05, 0) is 30.2 Å². The zero-order valence-electron chi connectivity index (χ0n) is 12.3. The molecule has 1 aromatic carbocycles. The van der Waals surface area contributed by atoms with E-state index in [1.807, 2.05) is 12.1 Å². The van der Waals surface area contributed by atoms with Gasteiger partial charge in [-0.25, -0.2) is 9.97 Å². The van der Waals surface area contributed by atoms with Crippen LogP contribution in [0.15, 0.2) is 36.7 Å². The third kappa shape index (κ3) is 3.12. The van der Waals surface area contributed by atoms with Gasteiger partial charge in [-0.1, -0.05) is 17.7 Å². The molecular weight excluding hydrogens is 314 g/mol. The molecule has 3 rings (SSSR count). The molecule has 1 aliphatic rings. The average molecular weight is 330 g/mol. The normalized spacial score (nSPS) is 17.7. The summed E-state index contributed by atoms with van der Waals surface area (Å²) in [7, 11) is 0. The molecular formula is C16H16ClN5O. The van der Waals surface area contributed by atoms with Gasteiger partial charge in [0.15, 0.2) is 0 Å². The zero-order valence-corrected chi connectivity index (χ0v) is 13.1. The molecule has 4 N–H and O–H groups in total. The third-order valence-corrected chi connectivity index (χ3v) is 4.12. The van der Waals surface area contributed by atoms with Crippen LogP contribution in [0.4, 0.5) is 11.6 Å². The van der Waals surface area contributed by atoms with Crippen LogP contribution in [0, 0.1) is 0 Å². The topological polar surface area (TPSA) is 98.1 Å². The maximum Gasteiger partial charge on any atom is 0.219 e. The van der Waals surface area contributed by atoms with Crippen molar-refractivity contribution in [2.45, 2.75) is 12.5 Å². The van der Waals surface area contributed by atoms with Gasteiger partial charge >= 0.3 is 0 Å². The van der Waals surface area contributed by atoms with Crippen molar-refractivity contribution in [3.63, 3.8) is 0 Å². The Bertz CT molecular complexity index is 760. The highest BCUT2D eigenvalue weighted by Gasteiger charge is 2.24. The largest absolute Gasteiger partial charge is 0.398 e. The first-order valence-electron chi connectivity index (χ1n) is 7.13. The first-order valence-corrected chi connectivity index (χ1v) is 7.51. The Balaban J connectivity index is 2.03. The summed E-state index contributed by atoms with van der Waals surface area (Å²) in [4.78, 5) is 21.1. The van der Waals surface area contributed by atoms with E-state index in [2.05, 4.69) is 9.97 Å². The number of amides is 1. The molecule has 118 valence electrons. The second-order valence-corrected chi connectivity index (χ2v) is 5.77. The van der Waals surface area contributed by atoms with E-state index in [-0.39, 0.29) is 12.0 Å². The van der Waals surface area contributed by atoms with Crippen molar-refractivity contribution in [3.05, 3.63) is 52.8 Å². The number of rotatable bonds is 3. The third-order valence-electron chi connectivity index (χ3n) is 3.89. The first-order chi connectivity index (χ1) is 11.1. The van der Waals surface area contributed by atoms with Crippen LogP contribution in [0.5, 0.6) is 0 Å². The SMILES string of the molecule is Nc1ncc(C2C=C(c3cc(Cl)ccc3N)CCN2C=O)cn1. The fraction of sp³-hybridized carbons (Fsp3) is 0.188. The summed E-state index contributed by atoms with van der Waals surface area (Å²) >= 11 is 6.08. The Hall–Kier alpha value is -2.60. The van der Waals surface area contributed by atoms with Crippen molar-refractivity contribution in [1.29, 1.82) is 0 Å². The van der Waals surface area contributed by atoms with E-state index in [0.717, 1.165) is 23.1 Å². The van der Waals surface area contributed by atoms with E-state index in [1.54, 1.807) is 29.4 Å². The molecule has 0 radical (unpaired) electrons. The van der Waals surface area contributed by atoms with Gasteiger partial charge in [-0.15, -0.1) is 0 Å². The first kappa shape index (κ1) is 15.3. The highest BCUT2D eigenvalue weighted by atomic mass is 35.5. The number of aromatic nitrogens is 2. The number of hydrogen-bond donors (Lipinski definition) is 2. The van der Waals surface area contributed by atoms with Crippen LogP contribution in [0.25, 0.3) is 5.57 Å². The summed E-state index contributed by atoms with van der Waals surface area (Å²) in [6, 6.07) is 5.13. The molecule has 1 aliphatic heterocycles. The van der Waals surface area contributed by atoms with E-state index in [1.165, 1.54) is 0 Å². The molecule has 1 atom stereocenters. The Morgan fingerprint density at radius 3 is 2.70 bits per heavy atom. The van der Waals surface area contributed by atoms with E-state index < -0.39 is 0 Å². The number of benzene rings is 1. The van der Waals surface area contributed by atoms with Crippen molar-refractivity contribution >= 4 is 35.2 Å². The Kier molecular flexibility index (Phi) is 4.16. The van der Waals surface area contributed by atoms with Crippen molar-refractivity contribution in [2.24, 2.45) is 0 Å². The van der Waals surface area contributed by atoms with Gasteiger partial charge in [0.2, 0.25) is 12.4 Å². The number of carbonyl (C=O) groups excluding carboxylic acids is 1. The molecule has 6 nitrogen and oxygen atoms in total. The Morgan fingerprint density at radius 2 is 2.00 bits per heavy atom. The van der Waals surface area contributed by atoms with Gasteiger partial charge in [0.25, 0.3) is 0 Å². The van der Waals surface area contributed by atoms with Crippen molar-refractivity contribution in [2.75, 3.05) is 18.0 Å². The summed E-state index contributed by atoms with van der Waals surface area (Å²) in [6.45, 7) is 0.580. The standard InChI is InChI=1S/C16H16ClN5O/c17-12-1-2-14(18)13(6-12)10-3-4-22(9-23)15(5-10)11-7-20-16(19)21-8-11/h1-2,5-9,15H,3-4,18H2,(H2,19,20,21). The molecule has 1 aromatic heterocycles. The predicted molar refractivity (Wildman–Crippen MR) is 90.4 cm³/mol. The van der Waals surface area contributed by atoms with E-state index in [4.69, 9.17) is 23.1 Å². The number of carbonyl (C=O) groups is 1. The minimum absolute atomic E-state index is 0.200. The van der Waals surface area contributed by atoms with Crippen LogP contribution in [0.1, 0.15) is 23.6 Å². The van der Waals surface area contributed by atoms with Gasteiger partial charge in [0.1, 0.15) is 0 Å². The number of hydrogen-bond acceptors (Lipinski definition) is 5. The van der Waals surface area contributed by atoms with Crippen LogP contribution < -0.4 is 11.5 Å². The molecule has 7 heteroatoms. The smallest absolute Gasteiger partial charge is 0.219 e. The van der Waals surface area contributed by atoms with Crippen LogP contribution in [0.2, 0.25) is 5.02 Å². The van der Waals surface area contributed by atoms with Crippen LogP contribution >= 0.6 is 11.6 Å². The maximum absolute atomic E-state index is 11.4. The highest BCUT2D eigenvalue weighted by Crippen LogP contribution is 2.35. The molecule has 0 bridgehead atoms. The Morgan fingerprint density at radius 1 is 1.26 bits per heavy atom. The van der Waals surface area contributed by atoms with E-state index in [9.17, 15) is 4.79 Å². The van der Waals surface area contributed by atoms with Gasteiger partial charge in [0, 0.05) is 40.8 Å².